The minimum absolute atomic E-state index is 0.366. The molecule has 138 valence electrons. The molecule has 0 N–H and O–H groups in total. The van der Waals surface area contributed by atoms with Crippen LogP contribution in [0.15, 0.2) is 41.3 Å². The molecule has 5 nitrogen and oxygen atoms in total. The molecule has 0 atom stereocenters. The largest absolute Gasteiger partial charge is 0.378 e. The number of anilines is 2. The maximum Gasteiger partial charge on any atom is 0.264 e. The van der Waals surface area contributed by atoms with Crippen LogP contribution in [0.4, 0.5) is 11.4 Å². The second kappa shape index (κ2) is 6.59. The van der Waals surface area contributed by atoms with E-state index in [2.05, 4.69) is 17.0 Å². The lowest BCUT2D eigenvalue weighted by molar-refractivity contribution is 0.122. The fourth-order valence-corrected chi connectivity index (χ4v) is 5.19. The number of hydrogen-bond acceptors (Lipinski definition) is 4. The van der Waals surface area contributed by atoms with Crippen molar-refractivity contribution in [3.05, 3.63) is 53.1 Å². The van der Waals surface area contributed by atoms with Crippen LogP contribution in [-0.4, -0.2) is 41.3 Å². The minimum Gasteiger partial charge on any atom is -0.378 e. The van der Waals surface area contributed by atoms with Crippen LogP contribution in [-0.2, 0) is 21.2 Å². The Morgan fingerprint density at radius 3 is 2.42 bits per heavy atom. The van der Waals surface area contributed by atoms with Gasteiger partial charge in [-0.05, 0) is 61.2 Å². The van der Waals surface area contributed by atoms with Gasteiger partial charge in [-0.15, -0.1) is 0 Å². The fourth-order valence-electron chi connectivity index (χ4n) is 3.61. The highest BCUT2D eigenvalue weighted by molar-refractivity contribution is 7.92. The molecule has 2 aliphatic heterocycles. The quantitative estimate of drug-likeness (QED) is 0.831. The predicted molar refractivity (Wildman–Crippen MR) is 104 cm³/mol. The summed E-state index contributed by atoms with van der Waals surface area (Å²) >= 11 is 0. The van der Waals surface area contributed by atoms with Gasteiger partial charge in [-0.2, -0.15) is 0 Å². The van der Waals surface area contributed by atoms with Crippen LogP contribution in [0.1, 0.15) is 16.7 Å². The summed E-state index contributed by atoms with van der Waals surface area (Å²) in [6.45, 7) is 7.53. The van der Waals surface area contributed by atoms with Crippen LogP contribution in [0.3, 0.4) is 0 Å². The maximum absolute atomic E-state index is 13.2. The van der Waals surface area contributed by atoms with E-state index in [4.69, 9.17) is 4.74 Å². The Hall–Kier alpha value is -2.05. The molecule has 4 rings (SSSR count). The number of morpholine rings is 1. The van der Waals surface area contributed by atoms with Crippen LogP contribution >= 0.6 is 0 Å². The first kappa shape index (κ1) is 17.4. The summed E-state index contributed by atoms with van der Waals surface area (Å²) in [5.74, 6) is 0. The number of benzene rings is 2. The second-order valence-corrected chi connectivity index (χ2v) is 8.85. The second-order valence-electron chi connectivity index (χ2n) is 6.99. The minimum atomic E-state index is -3.55. The summed E-state index contributed by atoms with van der Waals surface area (Å²) in [7, 11) is -3.55. The highest BCUT2D eigenvalue weighted by Crippen LogP contribution is 2.36. The summed E-state index contributed by atoms with van der Waals surface area (Å²) in [6.07, 6.45) is 0.753. The molecule has 0 bridgehead atoms. The molecule has 0 spiro atoms. The molecule has 0 saturated carbocycles. The molecule has 2 aromatic rings. The monoisotopic (exact) mass is 372 g/mol. The van der Waals surface area contributed by atoms with Crippen molar-refractivity contribution in [3.63, 3.8) is 0 Å². The van der Waals surface area contributed by atoms with E-state index < -0.39 is 10.0 Å². The third-order valence-electron chi connectivity index (χ3n) is 5.36. The number of aryl methyl sites for hydroxylation is 2. The first-order valence-electron chi connectivity index (χ1n) is 9.02. The Morgan fingerprint density at radius 2 is 1.69 bits per heavy atom. The average molecular weight is 372 g/mol. The number of fused-ring (bicyclic) bond motifs is 1. The lowest BCUT2D eigenvalue weighted by atomic mass is 10.1. The smallest absolute Gasteiger partial charge is 0.264 e. The van der Waals surface area contributed by atoms with Crippen molar-refractivity contribution in [2.45, 2.75) is 25.2 Å². The van der Waals surface area contributed by atoms with Crippen molar-refractivity contribution in [1.82, 2.24) is 0 Å². The molecule has 0 amide bonds. The van der Waals surface area contributed by atoms with E-state index in [0.29, 0.717) is 24.7 Å². The molecule has 6 heteroatoms. The first-order valence-corrected chi connectivity index (χ1v) is 10.5. The fraction of sp³-hybridized carbons (Fsp3) is 0.400. The number of ether oxygens (including phenoxy) is 1. The molecule has 1 saturated heterocycles. The first-order chi connectivity index (χ1) is 12.5. The Kier molecular flexibility index (Phi) is 4.40. The molecule has 26 heavy (non-hydrogen) atoms. The van der Waals surface area contributed by atoms with Crippen LogP contribution in [0.5, 0.6) is 0 Å². The molecule has 2 aliphatic rings. The molecule has 1 fully saturated rings. The zero-order chi connectivity index (χ0) is 18.3. The summed E-state index contributed by atoms with van der Waals surface area (Å²) in [5.41, 5.74) is 5.06. The molecule has 0 aliphatic carbocycles. The van der Waals surface area contributed by atoms with E-state index >= 15 is 0 Å². The number of rotatable bonds is 3. The van der Waals surface area contributed by atoms with Crippen molar-refractivity contribution >= 4 is 21.4 Å². The normalized spacial score (nSPS) is 17.5. The van der Waals surface area contributed by atoms with Gasteiger partial charge in [-0.25, -0.2) is 8.42 Å². The summed E-state index contributed by atoms with van der Waals surface area (Å²) in [6, 6.07) is 11.5. The Labute approximate surface area is 155 Å². The lowest BCUT2D eigenvalue weighted by Gasteiger charge is -2.30. The van der Waals surface area contributed by atoms with Gasteiger partial charge in [0, 0.05) is 25.3 Å². The lowest BCUT2D eigenvalue weighted by Crippen LogP contribution is -2.36. The molecule has 2 aromatic carbocycles. The van der Waals surface area contributed by atoms with Gasteiger partial charge in [-0.1, -0.05) is 12.1 Å². The van der Waals surface area contributed by atoms with Crippen molar-refractivity contribution < 1.29 is 13.2 Å². The highest BCUT2D eigenvalue weighted by Gasteiger charge is 2.31. The topological polar surface area (TPSA) is 49.9 Å². The van der Waals surface area contributed by atoms with Gasteiger partial charge in [-0.3, -0.25) is 4.31 Å². The third kappa shape index (κ3) is 2.97. The zero-order valence-corrected chi connectivity index (χ0v) is 16.1. The number of hydrogen-bond donors (Lipinski definition) is 0. The summed E-state index contributed by atoms with van der Waals surface area (Å²) in [4.78, 5) is 2.62. The van der Waals surface area contributed by atoms with Crippen molar-refractivity contribution in [2.24, 2.45) is 0 Å². The van der Waals surface area contributed by atoms with E-state index in [0.717, 1.165) is 47.6 Å². The van der Waals surface area contributed by atoms with Crippen LogP contribution in [0.25, 0.3) is 0 Å². The average Bonchev–Trinajstić information content (AvgIpc) is 3.08. The van der Waals surface area contributed by atoms with E-state index in [1.807, 2.05) is 26.0 Å². The Bertz CT molecular complexity index is 934. The van der Waals surface area contributed by atoms with Gasteiger partial charge in [0.25, 0.3) is 10.0 Å². The maximum atomic E-state index is 13.2. The molecule has 0 radical (unpaired) electrons. The van der Waals surface area contributed by atoms with Gasteiger partial charge < -0.3 is 9.64 Å². The molecular formula is C20H24N2O3S. The van der Waals surface area contributed by atoms with E-state index in [1.165, 1.54) is 0 Å². The number of nitrogens with zero attached hydrogens (tertiary/aromatic N) is 2. The summed E-state index contributed by atoms with van der Waals surface area (Å²) < 4.78 is 33.5. The highest BCUT2D eigenvalue weighted by atomic mass is 32.2. The van der Waals surface area contributed by atoms with Crippen LogP contribution < -0.4 is 9.21 Å². The Morgan fingerprint density at radius 1 is 0.923 bits per heavy atom. The van der Waals surface area contributed by atoms with Crippen LogP contribution in [0, 0.1) is 13.8 Å². The molecule has 2 heterocycles. The zero-order valence-electron chi connectivity index (χ0n) is 15.2. The van der Waals surface area contributed by atoms with Gasteiger partial charge in [0.15, 0.2) is 0 Å². The van der Waals surface area contributed by atoms with Gasteiger partial charge in [0.05, 0.1) is 23.8 Å². The number of sulfonamides is 1. The van der Waals surface area contributed by atoms with E-state index in [-0.39, 0.29) is 0 Å². The Balaban J connectivity index is 1.70. The molecular weight excluding hydrogens is 348 g/mol. The third-order valence-corrected chi connectivity index (χ3v) is 7.17. The standard InChI is InChI=1S/C20H24N2O3S/c1-15-3-6-19(13-16(15)2)26(23,24)22-8-7-17-4-5-18(14-20(17)22)21-9-11-25-12-10-21/h3-6,13-14H,7-12H2,1-2H3. The van der Waals surface area contributed by atoms with Crippen molar-refractivity contribution in [3.8, 4) is 0 Å². The van der Waals surface area contributed by atoms with Gasteiger partial charge in [0.2, 0.25) is 0 Å². The van der Waals surface area contributed by atoms with Crippen LogP contribution in [0.2, 0.25) is 0 Å². The predicted octanol–water partition coefficient (Wildman–Crippen LogP) is 2.89. The van der Waals surface area contributed by atoms with E-state index in [1.54, 1.807) is 16.4 Å². The summed E-state index contributed by atoms with van der Waals surface area (Å²) in [5, 5.41) is 0. The van der Waals surface area contributed by atoms with Crippen molar-refractivity contribution in [1.29, 1.82) is 0 Å². The van der Waals surface area contributed by atoms with E-state index in [9.17, 15) is 8.42 Å². The van der Waals surface area contributed by atoms with Gasteiger partial charge in [0.1, 0.15) is 0 Å². The SMILES string of the molecule is Cc1ccc(S(=O)(=O)N2CCc3ccc(N4CCOCC4)cc32)cc1C. The molecule has 0 aromatic heterocycles. The molecule has 0 unspecified atom stereocenters. The van der Waals surface area contributed by atoms with Crippen molar-refractivity contribution in [2.75, 3.05) is 42.1 Å². The van der Waals surface area contributed by atoms with Gasteiger partial charge >= 0.3 is 0 Å².